The predicted molar refractivity (Wildman–Crippen MR) is 77.0 cm³/mol. The van der Waals surface area contributed by atoms with Crippen LogP contribution in [0.15, 0.2) is 0 Å². The summed E-state index contributed by atoms with van der Waals surface area (Å²) in [6.45, 7) is 7.65. The van der Waals surface area contributed by atoms with Crippen LogP contribution in [0.5, 0.6) is 0 Å². The van der Waals surface area contributed by atoms with Gasteiger partial charge in [0.05, 0.1) is 11.4 Å². The highest BCUT2D eigenvalue weighted by molar-refractivity contribution is 5.87. The molecular formula is C13H21N5O3. The first-order chi connectivity index (χ1) is 9.81. The Morgan fingerprint density at radius 2 is 1.90 bits per heavy atom. The lowest BCUT2D eigenvalue weighted by Gasteiger charge is -2.26. The van der Waals surface area contributed by atoms with Gasteiger partial charge in [-0.15, -0.1) is 5.10 Å². The Labute approximate surface area is 123 Å². The fraction of sp³-hybridized carbons (Fsp3) is 0.615. The van der Waals surface area contributed by atoms with Gasteiger partial charge < -0.3 is 10.0 Å². The smallest absolute Gasteiger partial charge is 0.324 e. The lowest BCUT2D eigenvalue weighted by molar-refractivity contribution is -0.137. The largest absolute Gasteiger partial charge is 0.481 e. The van der Waals surface area contributed by atoms with Crippen molar-refractivity contribution >= 4 is 17.9 Å². The van der Waals surface area contributed by atoms with E-state index in [9.17, 15) is 9.59 Å². The Morgan fingerprint density at radius 1 is 1.24 bits per heavy atom. The molecule has 1 aromatic heterocycles. The zero-order chi connectivity index (χ0) is 16.0. The number of urea groups is 1. The van der Waals surface area contributed by atoms with E-state index in [0.717, 1.165) is 0 Å². The number of aliphatic carboxylic acids is 1. The van der Waals surface area contributed by atoms with Crippen molar-refractivity contribution in [1.29, 1.82) is 0 Å². The van der Waals surface area contributed by atoms with Gasteiger partial charge in [-0.25, -0.2) is 9.78 Å². The number of aryl methyl sites for hydroxylation is 2. The Hall–Kier alpha value is -2.25. The summed E-state index contributed by atoms with van der Waals surface area (Å²) in [4.78, 5) is 28.4. The first kappa shape index (κ1) is 16.8. The van der Waals surface area contributed by atoms with Crippen LogP contribution in [0.4, 0.5) is 10.7 Å². The van der Waals surface area contributed by atoms with E-state index in [-0.39, 0.29) is 24.4 Å². The molecule has 0 aliphatic rings. The van der Waals surface area contributed by atoms with E-state index in [4.69, 9.17) is 5.11 Å². The quantitative estimate of drug-likeness (QED) is 0.825. The maximum Gasteiger partial charge on any atom is 0.324 e. The molecule has 0 radical (unpaired) electrons. The fourth-order valence-electron chi connectivity index (χ4n) is 1.67. The Balaban J connectivity index is 2.67. The summed E-state index contributed by atoms with van der Waals surface area (Å²) < 4.78 is 0. The molecule has 0 spiro atoms. The highest BCUT2D eigenvalue weighted by Gasteiger charge is 2.18. The van der Waals surface area contributed by atoms with Gasteiger partial charge in [0.2, 0.25) is 0 Å². The number of carbonyl (C=O) groups excluding carboxylic acids is 1. The maximum absolute atomic E-state index is 12.2. The molecule has 0 unspecified atom stereocenters. The number of carboxylic acid groups (broad SMARTS) is 1. The van der Waals surface area contributed by atoms with E-state index in [0.29, 0.717) is 24.4 Å². The average molecular weight is 295 g/mol. The summed E-state index contributed by atoms with van der Waals surface area (Å²) in [6.07, 6.45) is 0.422. The average Bonchev–Trinajstić information content (AvgIpc) is 2.38. The van der Waals surface area contributed by atoms with Crippen molar-refractivity contribution in [1.82, 2.24) is 20.1 Å². The summed E-state index contributed by atoms with van der Waals surface area (Å²) in [7, 11) is 0. The monoisotopic (exact) mass is 295 g/mol. The third-order valence-corrected chi connectivity index (χ3v) is 2.98. The molecule has 2 N–H and O–H groups in total. The zero-order valence-electron chi connectivity index (χ0n) is 12.8. The normalized spacial score (nSPS) is 10.5. The molecule has 8 heteroatoms. The van der Waals surface area contributed by atoms with E-state index < -0.39 is 5.97 Å². The van der Waals surface area contributed by atoms with Crippen LogP contribution in [-0.2, 0) is 4.79 Å². The number of nitrogens with one attached hydrogen (secondary N) is 1. The van der Waals surface area contributed by atoms with Crippen molar-refractivity contribution < 1.29 is 14.7 Å². The minimum atomic E-state index is -0.874. The molecule has 2 amide bonds. The summed E-state index contributed by atoms with van der Waals surface area (Å²) in [6, 6.07) is -0.418. The van der Waals surface area contributed by atoms with Crippen molar-refractivity contribution in [3.8, 4) is 0 Å². The number of aromatic nitrogens is 3. The minimum absolute atomic E-state index is 0.0260. The molecule has 1 rings (SSSR count). The first-order valence-electron chi connectivity index (χ1n) is 6.78. The second-order valence-corrected chi connectivity index (χ2v) is 5.02. The van der Waals surface area contributed by atoms with Gasteiger partial charge in [0.1, 0.15) is 0 Å². The molecule has 0 bridgehead atoms. The van der Waals surface area contributed by atoms with Gasteiger partial charge in [-0.05, 0) is 34.1 Å². The molecular weight excluding hydrogens is 274 g/mol. The topological polar surface area (TPSA) is 108 Å². The lowest BCUT2D eigenvalue weighted by Crippen LogP contribution is -2.41. The molecule has 8 nitrogen and oxygen atoms in total. The van der Waals surface area contributed by atoms with Gasteiger partial charge in [0.25, 0.3) is 5.95 Å². The summed E-state index contributed by atoms with van der Waals surface area (Å²) in [5, 5.41) is 18.9. The highest BCUT2D eigenvalue weighted by Crippen LogP contribution is 2.07. The zero-order valence-corrected chi connectivity index (χ0v) is 12.8. The van der Waals surface area contributed by atoms with E-state index in [1.807, 2.05) is 13.8 Å². The van der Waals surface area contributed by atoms with E-state index in [2.05, 4.69) is 20.5 Å². The molecule has 116 valence electrons. The third kappa shape index (κ3) is 5.33. The molecule has 1 aromatic rings. The summed E-state index contributed by atoms with van der Waals surface area (Å²) in [5.41, 5.74) is 1.40. The maximum atomic E-state index is 12.2. The molecule has 0 saturated carbocycles. The highest BCUT2D eigenvalue weighted by atomic mass is 16.4. The Morgan fingerprint density at radius 3 is 2.43 bits per heavy atom. The minimum Gasteiger partial charge on any atom is -0.481 e. The van der Waals surface area contributed by atoms with Crippen LogP contribution < -0.4 is 5.32 Å². The second kappa shape index (κ2) is 7.51. The number of anilines is 1. The number of amides is 2. The van der Waals surface area contributed by atoms with Crippen molar-refractivity contribution in [2.75, 3.05) is 11.9 Å². The molecule has 0 saturated heterocycles. The number of carboxylic acids is 1. The molecule has 0 aliphatic carbocycles. The van der Waals surface area contributed by atoms with Gasteiger partial charge in [0.15, 0.2) is 0 Å². The first-order valence-corrected chi connectivity index (χ1v) is 6.78. The van der Waals surface area contributed by atoms with Crippen LogP contribution in [0.2, 0.25) is 0 Å². The van der Waals surface area contributed by atoms with Crippen LogP contribution in [0.25, 0.3) is 0 Å². The van der Waals surface area contributed by atoms with Crippen LogP contribution in [0, 0.1) is 13.8 Å². The van der Waals surface area contributed by atoms with Crippen LogP contribution in [0.1, 0.15) is 38.1 Å². The van der Waals surface area contributed by atoms with E-state index >= 15 is 0 Å². The van der Waals surface area contributed by atoms with Gasteiger partial charge in [-0.1, -0.05) is 0 Å². The number of carbonyl (C=O) groups is 2. The molecule has 0 aromatic carbocycles. The molecule has 0 fully saturated rings. The molecule has 21 heavy (non-hydrogen) atoms. The van der Waals surface area contributed by atoms with Crippen molar-refractivity contribution in [3.05, 3.63) is 11.4 Å². The van der Waals surface area contributed by atoms with Crippen molar-refractivity contribution in [3.63, 3.8) is 0 Å². The summed E-state index contributed by atoms with van der Waals surface area (Å²) in [5.74, 6) is -0.729. The van der Waals surface area contributed by atoms with Crippen LogP contribution in [-0.4, -0.2) is 49.8 Å². The van der Waals surface area contributed by atoms with Crippen LogP contribution in [0.3, 0.4) is 0 Å². The van der Waals surface area contributed by atoms with Gasteiger partial charge in [0, 0.05) is 19.0 Å². The van der Waals surface area contributed by atoms with Crippen LogP contribution >= 0.6 is 0 Å². The van der Waals surface area contributed by atoms with E-state index in [1.165, 1.54) is 0 Å². The number of rotatable bonds is 6. The third-order valence-electron chi connectivity index (χ3n) is 2.98. The molecule has 0 atom stereocenters. The standard InChI is InChI=1S/C13H21N5O3/c1-8(2)18(7-5-6-11(19)20)13(21)15-12-14-9(3)10(4)16-17-12/h8H,5-7H2,1-4H3,(H,19,20)(H,14,15,17,21). The Kier molecular flexibility index (Phi) is 6.01. The second-order valence-electron chi connectivity index (χ2n) is 5.02. The molecule has 1 heterocycles. The van der Waals surface area contributed by atoms with Gasteiger partial charge in [-0.2, -0.15) is 5.10 Å². The fourth-order valence-corrected chi connectivity index (χ4v) is 1.67. The predicted octanol–water partition coefficient (Wildman–Crippen LogP) is 1.60. The van der Waals surface area contributed by atoms with Crippen molar-refractivity contribution in [2.24, 2.45) is 0 Å². The number of nitrogens with zero attached hydrogens (tertiary/aromatic N) is 4. The van der Waals surface area contributed by atoms with Gasteiger partial charge in [-0.3, -0.25) is 10.1 Å². The number of hydrogen-bond acceptors (Lipinski definition) is 5. The SMILES string of the molecule is Cc1nnc(NC(=O)N(CCCC(=O)O)C(C)C)nc1C. The van der Waals surface area contributed by atoms with E-state index in [1.54, 1.807) is 18.7 Å². The summed E-state index contributed by atoms with van der Waals surface area (Å²) >= 11 is 0. The Bertz CT molecular complexity index is 519. The lowest BCUT2D eigenvalue weighted by atomic mass is 10.2. The van der Waals surface area contributed by atoms with Gasteiger partial charge >= 0.3 is 12.0 Å². The molecule has 0 aliphatic heterocycles. The number of hydrogen-bond donors (Lipinski definition) is 2. The van der Waals surface area contributed by atoms with Crippen molar-refractivity contribution in [2.45, 2.75) is 46.6 Å².